The molecule has 0 radical (unpaired) electrons. The number of hydrogen-bond acceptors (Lipinski definition) is 7. The molecule has 0 saturated carbocycles. The fraction of sp³-hybridized carbons (Fsp3) is 0.409. The second-order valence-corrected chi connectivity index (χ2v) is 9.42. The van der Waals surface area contributed by atoms with E-state index in [1.165, 1.54) is 23.7 Å². The lowest BCUT2D eigenvalue weighted by Gasteiger charge is -2.42. The lowest BCUT2D eigenvalue weighted by molar-refractivity contribution is -0.137. The summed E-state index contributed by atoms with van der Waals surface area (Å²) in [4.78, 5) is 31.1. The fourth-order valence-corrected chi connectivity index (χ4v) is 4.76. The molecule has 4 rings (SSSR count). The fourth-order valence-electron chi connectivity index (χ4n) is 3.90. The van der Waals surface area contributed by atoms with Crippen LogP contribution >= 0.6 is 11.3 Å². The highest BCUT2D eigenvalue weighted by atomic mass is 32.1. The van der Waals surface area contributed by atoms with Gasteiger partial charge in [0.15, 0.2) is 11.5 Å². The summed E-state index contributed by atoms with van der Waals surface area (Å²) in [5.74, 6) is -4.39. The highest BCUT2D eigenvalue weighted by Crippen LogP contribution is 2.37. The number of hydrogen-bond donors (Lipinski definition) is 0. The molecule has 1 fully saturated rings. The molecule has 1 saturated heterocycles. The first-order valence-electron chi connectivity index (χ1n) is 10.5. The molecular formula is C22H20F5N5O2S. The molecule has 0 spiro atoms. The smallest absolute Gasteiger partial charge is 0.417 e. The third kappa shape index (κ3) is 5.55. The van der Waals surface area contributed by atoms with Crippen LogP contribution in [0, 0.1) is 12.8 Å². The van der Waals surface area contributed by atoms with Gasteiger partial charge in [-0.2, -0.15) is 13.2 Å². The van der Waals surface area contributed by atoms with Crippen LogP contribution in [0.2, 0.25) is 0 Å². The van der Waals surface area contributed by atoms with Crippen molar-refractivity contribution in [3.05, 3.63) is 53.1 Å². The highest BCUT2D eigenvalue weighted by molar-refractivity contribution is 7.15. The molecule has 186 valence electrons. The third-order valence-corrected chi connectivity index (χ3v) is 6.48. The average Bonchev–Trinajstić information content (AvgIpc) is 3.19. The number of halogens is 5. The Kier molecular flexibility index (Phi) is 6.71. The summed E-state index contributed by atoms with van der Waals surface area (Å²) in [5.41, 5.74) is -0.983. The molecule has 2 unspecified atom stereocenters. The van der Waals surface area contributed by atoms with Crippen molar-refractivity contribution in [2.45, 2.75) is 38.4 Å². The van der Waals surface area contributed by atoms with Gasteiger partial charge in [0.2, 0.25) is 5.88 Å². The third-order valence-electron chi connectivity index (χ3n) is 5.51. The zero-order valence-corrected chi connectivity index (χ0v) is 19.4. The Labute approximate surface area is 201 Å². The van der Waals surface area contributed by atoms with Gasteiger partial charge in [0.05, 0.1) is 23.2 Å². The summed E-state index contributed by atoms with van der Waals surface area (Å²) < 4.78 is 72.8. The maximum atomic E-state index is 14.5. The number of rotatable bonds is 5. The number of aromatic nitrogens is 4. The zero-order chi connectivity index (χ0) is 25.4. The first kappa shape index (κ1) is 24.9. The number of piperidine rings is 1. The Balaban J connectivity index is 1.60. The minimum Gasteiger partial charge on any atom is -0.475 e. The maximum Gasteiger partial charge on any atom is 0.417 e. The number of nitrogens with zero attached hydrogens (tertiary/aromatic N) is 5. The molecule has 0 aliphatic carbocycles. The predicted molar refractivity (Wildman–Crippen MR) is 116 cm³/mol. The highest BCUT2D eigenvalue weighted by Gasteiger charge is 2.47. The molecular weight excluding hydrogens is 493 g/mol. The van der Waals surface area contributed by atoms with Gasteiger partial charge in [-0.3, -0.25) is 4.79 Å². The number of carbonyl (C=O) groups is 1. The van der Waals surface area contributed by atoms with E-state index >= 15 is 0 Å². The molecule has 4 heterocycles. The van der Waals surface area contributed by atoms with E-state index in [1.54, 1.807) is 19.9 Å². The van der Waals surface area contributed by atoms with Crippen LogP contribution in [-0.4, -0.2) is 55.9 Å². The van der Waals surface area contributed by atoms with Crippen LogP contribution < -0.4 is 4.74 Å². The van der Waals surface area contributed by atoms with Gasteiger partial charge < -0.3 is 9.64 Å². The first-order valence-corrected chi connectivity index (χ1v) is 11.4. The van der Waals surface area contributed by atoms with Crippen molar-refractivity contribution in [1.29, 1.82) is 0 Å². The number of amides is 1. The number of likely N-dealkylation sites (tertiary alicyclic amines) is 1. The lowest BCUT2D eigenvalue weighted by Crippen LogP contribution is -2.57. The van der Waals surface area contributed by atoms with Gasteiger partial charge in [0.1, 0.15) is 11.5 Å². The number of pyridine rings is 1. The molecule has 0 bridgehead atoms. The van der Waals surface area contributed by atoms with E-state index in [2.05, 4.69) is 19.9 Å². The maximum absolute atomic E-state index is 14.5. The quantitative estimate of drug-likeness (QED) is 0.452. The van der Waals surface area contributed by atoms with Gasteiger partial charge in [0, 0.05) is 31.1 Å². The molecule has 1 aliphatic heterocycles. The summed E-state index contributed by atoms with van der Waals surface area (Å²) >= 11 is 1.17. The van der Waals surface area contributed by atoms with Gasteiger partial charge in [-0.15, -0.1) is 11.3 Å². The standard InChI is InChI=1S/C22H20F5N5O2S/c1-12-8-21(23,24)11-32(15(12)10-34-16-5-4-14(9-30-16)22(25,26)27)20(33)17-18(35-13(2)31-17)19-28-6-3-7-29-19/h3-7,9,12,15H,8,10-11H2,1-2H3. The van der Waals surface area contributed by atoms with Crippen molar-refractivity contribution in [2.75, 3.05) is 13.2 Å². The Morgan fingerprint density at radius 3 is 2.57 bits per heavy atom. The number of thiazole rings is 1. The van der Waals surface area contributed by atoms with Crippen LogP contribution in [0.15, 0.2) is 36.8 Å². The molecule has 1 amide bonds. The topological polar surface area (TPSA) is 81.1 Å². The summed E-state index contributed by atoms with van der Waals surface area (Å²) in [6, 6.07) is 2.67. The zero-order valence-electron chi connectivity index (χ0n) is 18.6. The molecule has 3 aromatic heterocycles. The van der Waals surface area contributed by atoms with Crippen molar-refractivity contribution in [1.82, 2.24) is 24.8 Å². The van der Waals surface area contributed by atoms with Crippen LogP contribution in [0.3, 0.4) is 0 Å². The Morgan fingerprint density at radius 1 is 1.23 bits per heavy atom. The van der Waals surface area contributed by atoms with E-state index in [1.807, 2.05) is 0 Å². The SMILES string of the molecule is Cc1nc(C(=O)N2CC(F)(F)CC(C)C2COc2ccc(C(F)(F)F)cn2)c(-c2ncccn2)s1. The first-order chi connectivity index (χ1) is 16.4. The van der Waals surface area contributed by atoms with Gasteiger partial charge in [0.25, 0.3) is 11.8 Å². The van der Waals surface area contributed by atoms with E-state index in [0.29, 0.717) is 16.1 Å². The normalized spacial score (nSPS) is 20.0. The number of ether oxygens (including phenoxy) is 1. The second kappa shape index (κ2) is 9.44. The molecule has 35 heavy (non-hydrogen) atoms. The molecule has 7 nitrogen and oxygen atoms in total. The van der Waals surface area contributed by atoms with Crippen LogP contribution in [0.4, 0.5) is 22.0 Å². The largest absolute Gasteiger partial charge is 0.475 e. The number of aryl methyl sites for hydroxylation is 1. The Morgan fingerprint density at radius 2 is 1.94 bits per heavy atom. The molecule has 0 aromatic carbocycles. The van der Waals surface area contributed by atoms with E-state index in [-0.39, 0.29) is 24.0 Å². The minimum absolute atomic E-state index is 0.0405. The molecule has 1 aliphatic rings. The van der Waals surface area contributed by atoms with Crippen molar-refractivity contribution >= 4 is 17.2 Å². The summed E-state index contributed by atoms with van der Waals surface area (Å²) in [5, 5.41) is 0.536. The Bertz CT molecular complexity index is 1190. The van der Waals surface area contributed by atoms with E-state index in [9.17, 15) is 26.7 Å². The van der Waals surface area contributed by atoms with Crippen LogP contribution in [-0.2, 0) is 6.18 Å². The summed E-state index contributed by atoms with van der Waals surface area (Å²) in [6.07, 6.45) is -1.41. The van der Waals surface area contributed by atoms with Crippen molar-refractivity contribution < 1.29 is 31.5 Å². The van der Waals surface area contributed by atoms with Gasteiger partial charge in [-0.25, -0.2) is 28.7 Å². The predicted octanol–water partition coefficient (Wildman–Crippen LogP) is 4.89. The van der Waals surface area contributed by atoms with Crippen molar-refractivity contribution in [2.24, 2.45) is 5.92 Å². The van der Waals surface area contributed by atoms with Crippen molar-refractivity contribution in [3.63, 3.8) is 0 Å². The second-order valence-electron chi connectivity index (χ2n) is 8.21. The summed E-state index contributed by atoms with van der Waals surface area (Å²) in [7, 11) is 0. The van der Waals surface area contributed by atoms with Gasteiger partial charge in [-0.1, -0.05) is 6.92 Å². The van der Waals surface area contributed by atoms with E-state index < -0.39 is 48.5 Å². The van der Waals surface area contributed by atoms with Crippen LogP contribution in [0.5, 0.6) is 5.88 Å². The van der Waals surface area contributed by atoms with Crippen molar-refractivity contribution in [3.8, 4) is 16.6 Å². The average molecular weight is 513 g/mol. The minimum atomic E-state index is -4.55. The van der Waals surface area contributed by atoms with Gasteiger partial charge in [-0.05, 0) is 25.0 Å². The van der Waals surface area contributed by atoms with E-state index in [0.717, 1.165) is 17.0 Å². The Hall–Kier alpha value is -3.22. The van der Waals surface area contributed by atoms with E-state index in [4.69, 9.17) is 4.74 Å². The van der Waals surface area contributed by atoms with Crippen LogP contribution in [0.25, 0.3) is 10.7 Å². The molecule has 13 heteroatoms. The van der Waals surface area contributed by atoms with Crippen LogP contribution in [0.1, 0.15) is 34.4 Å². The molecule has 2 atom stereocenters. The number of carbonyl (C=O) groups excluding carboxylic acids is 1. The summed E-state index contributed by atoms with van der Waals surface area (Å²) in [6.45, 7) is 2.16. The lowest BCUT2D eigenvalue weighted by atomic mass is 9.88. The molecule has 3 aromatic rings. The number of alkyl halides is 5. The molecule has 0 N–H and O–H groups in total. The monoisotopic (exact) mass is 513 g/mol. The van der Waals surface area contributed by atoms with Gasteiger partial charge >= 0.3 is 6.18 Å².